The summed E-state index contributed by atoms with van der Waals surface area (Å²) >= 11 is 3.18. The molecular weight excluding hydrogens is 414 g/mol. The third kappa shape index (κ3) is 4.24. The number of hydrogen-bond acceptors (Lipinski definition) is 6. The van der Waals surface area contributed by atoms with Gasteiger partial charge in [-0.3, -0.25) is 9.78 Å². The Morgan fingerprint density at radius 2 is 2.07 bits per heavy atom. The minimum Gasteiger partial charge on any atom is -0.348 e. The highest BCUT2D eigenvalue weighted by Gasteiger charge is 2.18. The van der Waals surface area contributed by atoms with Crippen LogP contribution in [0.4, 0.5) is 0 Å². The first kappa shape index (κ1) is 20.6. The second-order valence-electron chi connectivity index (χ2n) is 7.08. The Labute approximate surface area is 184 Å². The summed E-state index contributed by atoms with van der Waals surface area (Å²) in [5.74, 6) is 1.18. The molecule has 0 aliphatic carbocycles. The number of nitrogens with zero attached hydrogens (tertiary/aromatic N) is 5. The van der Waals surface area contributed by atoms with Gasteiger partial charge < -0.3 is 9.13 Å². The lowest BCUT2D eigenvalue weighted by Crippen LogP contribution is -2.08. The van der Waals surface area contributed by atoms with Gasteiger partial charge in [0.2, 0.25) is 0 Å². The molecule has 30 heavy (non-hydrogen) atoms. The Morgan fingerprint density at radius 3 is 2.80 bits per heavy atom. The molecule has 154 valence electrons. The summed E-state index contributed by atoms with van der Waals surface area (Å²) in [5, 5.41) is 11.3. The average Bonchev–Trinajstić information content (AvgIpc) is 3.46. The molecule has 0 spiro atoms. The van der Waals surface area contributed by atoms with Gasteiger partial charge in [-0.05, 0) is 49.9 Å². The van der Waals surface area contributed by atoms with E-state index >= 15 is 0 Å². The smallest absolute Gasteiger partial charge is 0.191 e. The van der Waals surface area contributed by atoms with Crippen LogP contribution in [0, 0.1) is 13.8 Å². The molecule has 4 rings (SSSR count). The number of hydrogen-bond donors (Lipinski definition) is 0. The van der Waals surface area contributed by atoms with Crippen LogP contribution < -0.4 is 0 Å². The van der Waals surface area contributed by atoms with Crippen LogP contribution in [0.15, 0.2) is 53.3 Å². The number of ketones is 1. The van der Waals surface area contributed by atoms with Gasteiger partial charge in [0, 0.05) is 53.4 Å². The summed E-state index contributed by atoms with van der Waals surface area (Å²) in [6, 6.07) is 10.1. The van der Waals surface area contributed by atoms with E-state index in [-0.39, 0.29) is 5.78 Å². The highest BCUT2D eigenvalue weighted by atomic mass is 32.2. The van der Waals surface area contributed by atoms with E-state index in [2.05, 4.69) is 44.2 Å². The zero-order valence-electron chi connectivity index (χ0n) is 17.2. The van der Waals surface area contributed by atoms with E-state index in [4.69, 9.17) is 0 Å². The van der Waals surface area contributed by atoms with E-state index in [0.29, 0.717) is 10.9 Å². The van der Waals surface area contributed by atoms with Crippen molar-refractivity contribution >= 4 is 28.9 Å². The lowest BCUT2D eigenvalue weighted by atomic mass is 10.2. The molecule has 0 bridgehead atoms. The summed E-state index contributed by atoms with van der Waals surface area (Å²) in [4.78, 5) is 18.4. The van der Waals surface area contributed by atoms with Gasteiger partial charge in [0.15, 0.2) is 16.8 Å². The number of aromatic nitrogens is 5. The molecule has 0 aliphatic heterocycles. The minimum absolute atomic E-state index is 0.112. The summed E-state index contributed by atoms with van der Waals surface area (Å²) in [5.41, 5.74) is 3.85. The summed E-state index contributed by atoms with van der Waals surface area (Å²) in [7, 11) is 1.91. The van der Waals surface area contributed by atoms with Gasteiger partial charge >= 0.3 is 0 Å². The van der Waals surface area contributed by atoms with Crippen molar-refractivity contribution in [2.75, 3.05) is 5.75 Å². The quantitative estimate of drug-likeness (QED) is 0.298. The fourth-order valence-electron chi connectivity index (χ4n) is 3.50. The third-order valence-corrected chi connectivity index (χ3v) is 7.08. The van der Waals surface area contributed by atoms with E-state index in [0.717, 1.165) is 41.3 Å². The molecule has 4 aromatic rings. The highest BCUT2D eigenvalue weighted by molar-refractivity contribution is 7.99. The van der Waals surface area contributed by atoms with Crippen molar-refractivity contribution in [1.82, 2.24) is 24.3 Å². The van der Waals surface area contributed by atoms with E-state index in [1.807, 2.05) is 36.7 Å². The van der Waals surface area contributed by atoms with Gasteiger partial charge in [0.25, 0.3) is 0 Å². The minimum atomic E-state index is 0.112. The van der Waals surface area contributed by atoms with Gasteiger partial charge in [-0.1, -0.05) is 17.8 Å². The Hall–Kier alpha value is -2.71. The van der Waals surface area contributed by atoms with Crippen LogP contribution in [-0.2, 0) is 20.0 Å². The molecule has 4 aromatic heterocycles. The number of Topliss-reactive ketones (excluding diaryl/α,β-unsaturated/α-hetero) is 1. The predicted octanol–water partition coefficient (Wildman–Crippen LogP) is 4.57. The van der Waals surface area contributed by atoms with Gasteiger partial charge in [-0.15, -0.1) is 21.5 Å². The molecule has 8 heteroatoms. The normalized spacial score (nSPS) is 11.2. The second kappa shape index (κ2) is 8.97. The lowest BCUT2D eigenvalue weighted by molar-refractivity contribution is 0.102. The average molecular weight is 438 g/mol. The fourth-order valence-corrected chi connectivity index (χ4v) is 4.99. The zero-order valence-corrected chi connectivity index (χ0v) is 18.8. The van der Waals surface area contributed by atoms with Crippen molar-refractivity contribution in [3.05, 3.63) is 69.9 Å². The third-order valence-electron chi connectivity index (χ3n) is 5.12. The van der Waals surface area contributed by atoms with Gasteiger partial charge in [-0.25, -0.2) is 0 Å². The molecule has 0 radical (unpaired) electrons. The summed E-state index contributed by atoms with van der Waals surface area (Å²) in [6.07, 6.45) is 4.46. The molecule has 0 unspecified atom stereocenters. The van der Waals surface area contributed by atoms with Crippen molar-refractivity contribution in [1.29, 1.82) is 0 Å². The molecule has 0 aliphatic rings. The largest absolute Gasteiger partial charge is 0.348 e. The SMILES string of the molecule is Cc1cc(C(=O)CSc2nnc(-c3cccnc3)n2C)c(C)n1CCc1cccs1. The van der Waals surface area contributed by atoms with E-state index in [1.165, 1.54) is 16.6 Å². The topological polar surface area (TPSA) is 65.6 Å². The maximum Gasteiger partial charge on any atom is 0.191 e. The Kier molecular flexibility index (Phi) is 6.15. The first-order valence-corrected chi connectivity index (χ1v) is 11.6. The molecule has 0 atom stereocenters. The molecule has 0 saturated carbocycles. The number of thioether (sulfide) groups is 1. The van der Waals surface area contributed by atoms with Gasteiger partial charge in [-0.2, -0.15) is 0 Å². The number of carbonyl (C=O) groups is 1. The first-order chi connectivity index (χ1) is 14.5. The Balaban J connectivity index is 1.43. The van der Waals surface area contributed by atoms with Crippen LogP contribution in [0.2, 0.25) is 0 Å². The molecule has 6 nitrogen and oxygen atoms in total. The molecular formula is C22H23N5OS2. The molecule has 0 amide bonds. The molecule has 0 saturated heterocycles. The Morgan fingerprint density at radius 1 is 1.20 bits per heavy atom. The number of aryl methyl sites for hydroxylation is 2. The van der Waals surface area contributed by atoms with Crippen molar-refractivity contribution in [3.63, 3.8) is 0 Å². The predicted molar refractivity (Wildman–Crippen MR) is 121 cm³/mol. The fraction of sp³-hybridized carbons (Fsp3) is 0.273. The van der Waals surface area contributed by atoms with Crippen LogP contribution in [0.25, 0.3) is 11.4 Å². The molecule has 4 heterocycles. The summed E-state index contributed by atoms with van der Waals surface area (Å²) in [6.45, 7) is 4.98. The monoisotopic (exact) mass is 437 g/mol. The van der Waals surface area contributed by atoms with Crippen LogP contribution in [0.3, 0.4) is 0 Å². The molecule has 0 aromatic carbocycles. The molecule has 0 fully saturated rings. The van der Waals surface area contributed by atoms with Crippen molar-refractivity contribution < 1.29 is 4.79 Å². The van der Waals surface area contributed by atoms with Crippen molar-refractivity contribution in [3.8, 4) is 11.4 Å². The van der Waals surface area contributed by atoms with Gasteiger partial charge in [0.1, 0.15) is 0 Å². The Bertz CT molecular complexity index is 1150. The first-order valence-electron chi connectivity index (χ1n) is 9.69. The zero-order chi connectivity index (χ0) is 21.1. The van der Waals surface area contributed by atoms with Crippen LogP contribution in [0.5, 0.6) is 0 Å². The van der Waals surface area contributed by atoms with Gasteiger partial charge in [0.05, 0.1) is 5.75 Å². The maximum absolute atomic E-state index is 12.9. The lowest BCUT2D eigenvalue weighted by Gasteiger charge is -2.09. The highest BCUT2D eigenvalue weighted by Crippen LogP contribution is 2.24. The van der Waals surface area contributed by atoms with Crippen LogP contribution >= 0.6 is 23.1 Å². The number of carbonyl (C=O) groups excluding carboxylic acids is 1. The second-order valence-corrected chi connectivity index (χ2v) is 9.06. The number of rotatable bonds is 8. The molecule has 0 N–H and O–H groups in total. The van der Waals surface area contributed by atoms with Crippen LogP contribution in [-0.4, -0.2) is 35.9 Å². The van der Waals surface area contributed by atoms with Crippen molar-refractivity contribution in [2.24, 2.45) is 7.05 Å². The summed E-state index contributed by atoms with van der Waals surface area (Å²) < 4.78 is 4.14. The number of thiophene rings is 1. The van der Waals surface area contributed by atoms with Crippen LogP contribution in [0.1, 0.15) is 26.6 Å². The van der Waals surface area contributed by atoms with E-state index in [9.17, 15) is 4.79 Å². The van der Waals surface area contributed by atoms with E-state index < -0.39 is 0 Å². The van der Waals surface area contributed by atoms with E-state index in [1.54, 1.807) is 23.7 Å². The standard InChI is InChI=1S/C22H23N5OS2/c1-15-12-19(16(2)27(15)10-8-18-7-5-11-29-18)20(28)14-30-22-25-24-21(26(22)3)17-6-4-9-23-13-17/h4-7,9,11-13H,8,10,14H2,1-3H3. The van der Waals surface area contributed by atoms with Crippen molar-refractivity contribution in [2.45, 2.75) is 32.0 Å². The maximum atomic E-state index is 12.9. The number of pyridine rings is 1.